The second kappa shape index (κ2) is 23.4. The highest BCUT2D eigenvalue weighted by molar-refractivity contribution is 7.88. The number of hydrogen-bond donors (Lipinski definition) is 0. The fourth-order valence-corrected chi connectivity index (χ4v) is 3.29. The number of halogens is 30. The summed E-state index contributed by atoms with van der Waals surface area (Å²) in [5.74, 6) is -16.8. The SMILES string of the molecule is FC(F)=C1OCCO1.FC(F)=C1OCCO1.FC(F)=C1OCCO1.O=S(=O)(F)C(F)(F)C(F)(F)C(F)(F)C(F)(F)F.O=S(=O)(F)C(F)(F)C(F)(F)F.O=S(=O)(F)C(F)(F)C(F)(F)OC(F)(F)F. The van der Waals surface area contributed by atoms with E-state index in [0.29, 0.717) is 0 Å². The van der Waals surface area contributed by atoms with Crippen molar-refractivity contribution in [3.05, 3.63) is 36.1 Å². The first kappa shape index (κ1) is 67.0. The van der Waals surface area contributed by atoms with E-state index >= 15 is 0 Å². The van der Waals surface area contributed by atoms with Crippen LogP contribution in [0.1, 0.15) is 0 Å². The smallest absolute Gasteiger partial charge is 0.458 e. The van der Waals surface area contributed by atoms with Gasteiger partial charge >= 0.3 is 119 Å². The summed E-state index contributed by atoms with van der Waals surface area (Å²) in [6.07, 6.45) is -32.1. The van der Waals surface area contributed by atoms with E-state index in [2.05, 4.69) is 28.4 Å². The summed E-state index contributed by atoms with van der Waals surface area (Å²) in [6, 6.07) is 0. The van der Waals surface area contributed by atoms with Crippen molar-refractivity contribution in [3.63, 3.8) is 0 Å². The molecule has 0 aliphatic carbocycles. The zero-order chi connectivity index (χ0) is 54.7. The van der Waals surface area contributed by atoms with Crippen molar-refractivity contribution in [3.8, 4) is 0 Å². The highest BCUT2D eigenvalue weighted by Gasteiger charge is 2.86. The molecule has 67 heavy (non-hydrogen) atoms. The molecule has 0 atom stereocenters. The molecule has 0 aromatic rings. The molecule has 0 aromatic carbocycles. The molecule has 3 saturated heterocycles. The molecule has 3 aliphatic rings. The Bertz CT molecular complexity index is 1930. The van der Waals surface area contributed by atoms with Crippen molar-refractivity contribution in [1.82, 2.24) is 0 Å². The lowest BCUT2D eigenvalue weighted by Crippen LogP contribution is -2.62. The molecule has 0 amide bonds. The van der Waals surface area contributed by atoms with Gasteiger partial charge in [0.05, 0.1) is 0 Å². The van der Waals surface area contributed by atoms with Crippen molar-refractivity contribution in [2.24, 2.45) is 0 Å². The minimum atomic E-state index is -7.67. The lowest BCUT2D eigenvalue weighted by Gasteiger charge is -2.31. The lowest BCUT2D eigenvalue weighted by molar-refractivity contribution is -0.453. The molecule has 0 spiro atoms. The van der Waals surface area contributed by atoms with Crippen LogP contribution in [0.5, 0.6) is 0 Å². The van der Waals surface area contributed by atoms with Crippen molar-refractivity contribution in [2.45, 2.75) is 52.4 Å². The Morgan fingerprint density at radius 3 is 0.701 bits per heavy atom. The maximum Gasteiger partial charge on any atom is 0.527 e. The molecule has 0 radical (unpaired) electrons. The molecule has 0 saturated carbocycles. The van der Waals surface area contributed by atoms with Gasteiger partial charge in [0.25, 0.3) is 0 Å². The molecule has 3 aliphatic heterocycles. The minimum Gasteiger partial charge on any atom is -0.458 e. The first-order valence-corrected chi connectivity index (χ1v) is 18.2. The summed E-state index contributed by atoms with van der Waals surface area (Å²) in [6.45, 7) is 1.37. The van der Waals surface area contributed by atoms with Crippen LogP contribution < -0.4 is 0 Å². The van der Waals surface area contributed by atoms with Crippen molar-refractivity contribution in [1.29, 1.82) is 0 Å². The van der Waals surface area contributed by atoms with Gasteiger partial charge in [0.1, 0.15) is 39.6 Å². The van der Waals surface area contributed by atoms with E-state index < -0.39 is 119 Å². The number of hydrogen-bond acceptors (Lipinski definition) is 13. The predicted molar refractivity (Wildman–Crippen MR) is 142 cm³/mol. The molecular weight excluding hydrogens is 1130 g/mol. The Morgan fingerprint density at radius 1 is 0.358 bits per heavy atom. The molecule has 3 fully saturated rings. The third-order valence-electron chi connectivity index (χ3n) is 5.06. The van der Waals surface area contributed by atoms with Crippen molar-refractivity contribution in [2.75, 3.05) is 39.6 Å². The maximum absolute atomic E-state index is 12.1. The van der Waals surface area contributed by atoms with E-state index in [4.69, 9.17) is 8.42 Å². The monoisotopic (exact) mass is 1140 g/mol. The Morgan fingerprint density at radius 2 is 0.582 bits per heavy atom. The highest BCUT2D eigenvalue weighted by atomic mass is 32.3. The quantitative estimate of drug-likeness (QED) is 0.175. The zero-order valence-corrected chi connectivity index (χ0v) is 32.1. The van der Waals surface area contributed by atoms with Gasteiger partial charge in [0.2, 0.25) is 0 Å². The summed E-state index contributed by atoms with van der Waals surface area (Å²) in [5, 5.41) is -20.2. The lowest BCUT2D eigenvalue weighted by atomic mass is 10.1. The average Bonchev–Trinajstić information content (AvgIpc) is 3.91. The van der Waals surface area contributed by atoms with Crippen LogP contribution in [0.2, 0.25) is 0 Å². The van der Waals surface area contributed by atoms with E-state index in [0.717, 1.165) is 0 Å². The Labute approximate surface area is 348 Å². The molecule has 0 aromatic heterocycles. The van der Waals surface area contributed by atoms with Crippen LogP contribution in [-0.2, 0) is 63.8 Å². The van der Waals surface area contributed by atoms with Crippen molar-refractivity contribution >= 4 is 30.7 Å². The van der Waals surface area contributed by atoms with E-state index in [1.165, 1.54) is 4.74 Å². The molecule has 0 N–H and O–H groups in total. The van der Waals surface area contributed by atoms with Gasteiger partial charge in [-0.2, -0.15) is 131 Å². The molecule has 402 valence electrons. The van der Waals surface area contributed by atoms with Crippen LogP contribution >= 0.6 is 0 Å². The molecule has 13 nitrogen and oxygen atoms in total. The van der Waals surface area contributed by atoms with Gasteiger partial charge < -0.3 is 28.4 Å². The second-order valence-corrected chi connectivity index (χ2v) is 14.0. The van der Waals surface area contributed by atoms with Gasteiger partial charge in [-0.1, -0.05) is 11.7 Å². The van der Waals surface area contributed by atoms with Gasteiger partial charge in [-0.05, 0) is 0 Å². The fraction of sp³-hybridized carbons (Fsp3) is 0.714. The molecular formula is C21H12F30O13S3. The topological polar surface area (TPSA) is 167 Å². The van der Waals surface area contributed by atoms with Crippen molar-refractivity contribution < 1.29 is 189 Å². The summed E-state index contributed by atoms with van der Waals surface area (Å²) >= 11 is 0. The Balaban J connectivity index is -0.000000752. The first-order chi connectivity index (χ1) is 29.1. The van der Waals surface area contributed by atoms with E-state index in [-0.39, 0.29) is 39.6 Å². The summed E-state index contributed by atoms with van der Waals surface area (Å²) in [5.41, 5.74) is 0. The van der Waals surface area contributed by atoms with Crippen LogP contribution in [0.15, 0.2) is 36.1 Å². The Hall–Kier alpha value is -4.27. The van der Waals surface area contributed by atoms with Crippen LogP contribution in [0.3, 0.4) is 0 Å². The van der Waals surface area contributed by atoms with E-state index in [1.807, 2.05) is 0 Å². The van der Waals surface area contributed by atoms with Crippen LogP contribution in [0.4, 0.5) is 130 Å². The van der Waals surface area contributed by atoms with Gasteiger partial charge in [-0.15, -0.1) is 13.2 Å². The summed E-state index contributed by atoms with van der Waals surface area (Å²) in [7, 11) is -21.8. The second-order valence-electron chi connectivity index (χ2n) is 9.81. The molecule has 3 heterocycles. The standard InChI is InChI=1S/C4F10O2S.3C4H4F2O2.C3F8O3S.C2F6O2S/c5-1(6,3(9,10)11)2(7,8)4(12,13)17(14,15)16;3*5-3(6)4-7-1-2-8-4;4-1(5,14-3(8,9)10)2(6,7)15(11,12)13;3-1(4,5)2(6,7)11(8,9)10/h;3*1-2H2;;. The molecule has 0 bridgehead atoms. The third-order valence-corrected chi connectivity index (χ3v) is 7.62. The van der Waals surface area contributed by atoms with Crippen LogP contribution in [-0.4, -0.2) is 117 Å². The molecule has 3 rings (SSSR count). The third kappa shape index (κ3) is 19.3. The van der Waals surface area contributed by atoms with E-state index in [1.54, 1.807) is 0 Å². The average molecular weight is 1140 g/mol. The maximum atomic E-state index is 12.1. The van der Waals surface area contributed by atoms with Gasteiger partial charge in [0.15, 0.2) is 0 Å². The molecule has 0 unspecified atom stereocenters. The van der Waals surface area contributed by atoms with Gasteiger partial charge in [-0.25, -0.2) is 4.74 Å². The van der Waals surface area contributed by atoms with E-state index in [9.17, 15) is 147 Å². The Kier molecular flexibility index (Phi) is 23.4. The summed E-state index contributed by atoms with van der Waals surface area (Å²) < 4.78 is 429. The largest absolute Gasteiger partial charge is 0.527 e. The number of alkyl halides is 21. The van der Waals surface area contributed by atoms with Gasteiger partial charge in [-0.3, -0.25) is 0 Å². The summed E-state index contributed by atoms with van der Waals surface area (Å²) in [4.78, 5) is 0. The fourth-order valence-electron chi connectivity index (χ4n) is 2.26. The number of rotatable bonds is 7. The zero-order valence-electron chi connectivity index (χ0n) is 29.6. The normalized spacial score (nSPS) is 16.3. The first-order valence-electron chi connectivity index (χ1n) is 14.0. The predicted octanol–water partition coefficient (Wildman–Crippen LogP) is 9.46. The molecule has 46 heteroatoms. The number of ether oxygens (including phenoxy) is 7. The van der Waals surface area contributed by atoms with Gasteiger partial charge in [0, 0.05) is 0 Å². The van der Waals surface area contributed by atoms with Crippen LogP contribution in [0, 0.1) is 0 Å². The van der Waals surface area contributed by atoms with Crippen LogP contribution in [0.25, 0.3) is 0 Å². The highest BCUT2D eigenvalue weighted by Crippen LogP contribution is 2.55. The minimum absolute atomic E-state index is 0.229.